The van der Waals surface area contributed by atoms with Gasteiger partial charge in [0.1, 0.15) is 17.1 Å². The van der Waals surface area contributed by atoms with E-state index in [0.717, 1.165) is 11.6 Å². The zero-order valence-corrected chi connectivity index (χ0v) is 14.8. The van der Waals surface area contributed by atoms with E-state index in [4.69, 9.17) is 14.2 Å². The van der Waals surface area contributed by atoms with Crippen LogP contribution in [0.2, 0.25) is 0 Å². The molecule has 0 fully saturated rings. The summed E-state index contributed by atoms with van der Waals surface area (Å²) in [7, 11) is 3.00. The van der Waals surface area contributed by atoms with Gasteiger partial charge in [-0.25, -0.2) is 4.79 Å². The second-order valence-electron chi connectivity index (χ2n) is 5.31. The summed E-state index contributed by atoms with van der Waals surface area (Å²) < 4.78 is 15.4. The third-order valence-corrected chi connectivity index (χ3v) is 3.67. The molecule has 26 heavy (non-hydrogen) atoms. The zero-order chi connectivity index (χ0) is 18.9. The van der Waals surface area contributed by atoms with Crippen LogP contribution in [-0.2, 0) is 16.0 Å². The third kappa shape index (κ3) is 4.86. The average Bonchev–Trinajstić information content (AvgIpc) is 2.68. The van der Waals surface area contributed by atoms with Crippen molar-refractivity contribution in [2.75, 3.05) is 26.1 Å². The number of nitrogens with one attached hydrogen (secondary N) is 1. The highest BCUT2D eigenvalue weighted by atomic mass is 16.5. The van der Waals surface area contributed by atoms with Crippen LogP contribution >= 0.6 is 0 Å². The molecule has 0 radical (unpaired) electrons. The minimum atomic E-state index is -0.445. The molecule has 6 heteroatoms. The summed E-state index contributed by atoms with van der Waals surface area (Å²) in [5, 5.41) is 2.82. The Morgan fingerprint density at radius 3 is 2.19 bits per heavy atom. The highest BCUT2D eigenvalue weighted by molar-refractivity contribution is 6.08. The summed E-state index contributed by atoms with van der Waals surface area (Å²) in [5.74, 6) is 0.0941. The highest BCUT2D eigenvalue weighted by Crippen LogP contribution is 2.29. The van der Waals surface area contributed by atoms with Gasteiger partial charge in [0.2, 0.25) is 0 Å². The number of hydrogen-bond donors (Lipinski definition) is 1. The van der Waals surface area contributed by atoms with Gasteiger partial charge in [0.15, 0.2) is 0 Å². The standard InChI is InChI=1S/C20H21NO5/c1-4-18(22)26-13-12-14-8-10-15(11-9-14)21-20(23)19-16(24-2)6-5-7-17(19)25-3/h4-11H,1,12-13H2,2-3H3,(H,21,23). The van der Waals surface area contributed by atoms with E-state index in [9.17, 15) is 9.59 Å². The van der Waals surface area contributed by atoms with Crippen molar-refractivity contribution in [3.8, 4) is 11.5 Å². The van der Waals surface area contributed by atoms with E-state index in [-0.39, 0.29) is 12.5 Å². The van der Waals surface area contributed by atoms with Crippen LogP contribution in [0, 0.1) is 0 Å². The Kier molecular flexibility index (Phi) is 6.79. The van der Waals surface area contributed by atoms with Crippen molar-refractivity contribution in [3.05, 3.63) is 66.2 Å². The maximum Gasteiger partial charge on any atom is 0.330 e. The predicted molar refractivity (Wildman–Crippen MR) is 98.8 cm³/mol. The molecule has 0 bridgehead atoms. The fourth-order valence-corrected chi connectivity index (χ4v) is 2.35. The first kappa shape index (κ1) is 19.1. The summed E-state index contributed by atoms with van der Waals surface area (Å²) in [5.41, 5.74) is 1.95. The number of benzene rings is 2. The van der Waals surface area contributed by atoms with Gasteiger partial charge >= 0.3 is 5.97 Å². The summed E-state index contributed by atoms with van der Waals surface area (Å²) in [6.45, 7) is 3.62. The Bertz CT molecular complexity index is 761. The van der Waals surface area contributed by atoms with Gasteiger partial charge in [-0.1, -0.05) is 24.8 Å². The molecular formula is C20H21NO5. The first-order chi connectivity index (χ1) is 12.6. The molecule has 0 aromatic heterocycles. The molecule has 1 amide bonds. The SMILES string of the molecule is C=CC(=O)OCCc1ccc(NC(=O)c2c(OC)cccc2OC)cc1. The van der Waals surface area contributed by atoms with Crippen molar-refractivity contribution in [3.63, 3.8) is 0 Å². The largest absolute Gasteiger partial charge is 0.496 e. The third-order valence-electron chi connectivity index (χ3n) is 3.67. The van der Waals surface area contributed by atoms with Gasteiger partial charge in [0.25, 0.3) is 5.91 Å². The average molecular weight is 355 g/mol. The molecule has 0 unspecified atom stereocenters. The summed E-state index contributed by atoms with van der Waals surface area (Å²) in [6, 6.07) is 12.4. The van der Waals surface area contributed by atoms with Gasteiger partial charge in [-0.2, -0.15) is 0 Å². The van der Waals surface area contributed by atoms with Crippen molar-refractivity contribution in [2.45, 2.75) is 6.42 Å². The quantitative estimate of drug-likeness (QED) is 0.581. The lowest BCUT2D eigenvalue weighted by Crippen LogP contribution is -2.14. The second kappa shape index (κ2) is 9.27. The zero-order valence-electron chi connectivity index (χ0n) is 14.8. The van der Waals surface area contributed by atoms with Crippen LogP contribution in [0.3, 0.4) is 0 Å². The van der Waals surface area contributed by atoms with Crippen LogP contribution in [0.4, 0.5) is 5.69 Å². The number of methoxy groups -OCH3 is 2. The Morgan fingerprint density at radius 2 is 1.65 bits per heavy atom. The molecule has 2 rings (SSSR count). The van der Waals surface area contributed by atoms with Gasteiger partial charge < -0.3 is 19.5 Å². The van der Waals surface area contributed by atoms with Crippen LogP contribution in [-0.4, -0.2) is 32.7 Å². The second-order valence-corrected chi connectivity index (χ2v) is 5.31. The number of ether oxygens (including phenoxy) is 3. The maximum atomic E-state index is 12.6. The minimum Gasteiger partial charge on any atom is -0.496 e. The van der Waals surface area contributed by atoms with E-state index in [0.29, 0.717) is 29.2 Å². The van der Waals surface area contributed by atoms with Crippen molar-refractivity contribution in [1.29, 1.82) is 0 Å². The minimum absolute atomic E-state index is 0.273. The van der Waals surface area contributed by atoms with Gasteiger partial charge in [-0.15, -0.1) is 0 Å². The lowest BCUT2D eigenvalue weighted by Gasteiger charge is -2.13. The topological polar surface area (TPSA) is 73.9 Å². The number of hydrogen-bond acceptors (Lipinski definition) is 5. The Labute approximate surface area is 152 Å². The summed E-state index contributed by atoms with van der Waals surface area (Å²) in [4.78, 5) is 23.6. The highest BCUT2D eigenvalue weighted by Gasteiger charge is 2.18. The Morgan fingerprint density at radius 1 is 1.04 bits per heavy atom. The Hall–Kier alpha value is -3.28. The molecule has 0 aliphatic rings. The van der Waals surface area contributed by atoms with Crippen LogP contribution in [0.1, 0.15) is 15.9 Å². The lowest BCUT2D eigenvalue weighted by molar-refractivity contribution is -0.137. The fourth-order valence-electron chi connectivity index (χ4n) is 2.35. The molecule has 136 valence electrons. The van der Waals surface area contributed by atoms with Crippen molar-refractivity contribution in [2.24, 2.45) is 0 Å². The molecule has 0 saturated heterocycles. The molecule has 0 aliphatic carbocycles. The van der Waals surface area contributed by atoms with E-state index < -0.39 is 5.97 Å². The molecule has 0 aliphatic heterocycles. The van der Waals surface area contributed by atoms with Crippen molar-refractivity contribution in [1.82, 2.24) is 0 Å². The van der Waals surface area contributed by atoms with E-state index in [1.54, 1.807) is 30.3 Å². The number of carbonyl (C=O) groups excluding carboxylic acids is 2. The number of anilines is 1. The first-order valence-electron chi connectivity index (χ1n) is 7.99. The van der Waals surface area contributed by atoms with E-state index in [1.165, 1.54) is 14.2 Å². The molecule has 0 atom stereocenters. The Balaban J connectivity index is 2.04. The smallest absolute Gasteiger partial charge is 0.330 e. The van der Waals surface area contributed by atoms with Crippen LogP contribution in [0.15, 0.2) is 55.1 Å². The number of amides is 1. The van der Waals surface area contributed by atoms with Crippen molar-refractivity contribution >= 4 is 17.6 Å². The molecule has 0 heterocycles. The van der Waals surface area contributed by atoms with Gasteiger partial charge in [0, 0.05) is 18.2 Å². The number of esters is 1. The van der Waals surface area contributed by atoms with Gasteiger partial charge in [-0.3, -0.25) is 4.79 Å². The van der Waals surface area contributed by atoms with E-state index >= 15 is 0 Å². The summed E-state index contributed by atoms with van der Waals surface area (Å²) >= 11 is 0. The maximum absolute atomic E-state index is 12.6. The van der Waals surface area contributed by atoms with Crippen LogP contribution in [0.5, 0.6) is 11.5 Å². The molecule has 1 N–H and O–H groups in total. The van der Waals surface area contributed by atoms with Gasteiger partial charge in [-0.05, 0) is 29.8 Å². The summed E-state index contributed by atoms with van der Waals surface area (Å²) in [6.07, 6.45) is 1.71. The molecule has 0 saturated carbocycles. The molecular weight excluding hydrogens is 334 g/mol. The van der Waals surface area contributed by atoms with Gasteiger partial charge in [0.05, 0.1) is 20.8 Å². The normalized spacial score (nSPS) is 9.92. The van der Waals surface area contributed by atoms with Crippen LogP contribution < -0.4 is 14.8 Å². The van der Waals surface area contributed by atoms with E-state index in [1.807, 2.05) is 12.1 Å². The molecule has 2 aromatic carbocycles. The van der Waals surface area contributed by atoms with Crippen molar-refractivity contribution < 1.29 is 23.8 Å². The van der Waals surface area contributed by atoms with Crippen LogP contribution in [0.25, 0.3) is 0 Å². The number of carbonyl (C=O) groups is 2. The lowest BCUT2D eigenvalue weighted by atomic mass is 10.1. The monoisotopic (exact) mass is 355 g/mol. The first-order valence-corrected chi connectivity index (χ1v) is 7.99. The van der Waals surface area contributed by atoms with E-state index in [2.05, 4.69) is 11.9 Å². The molecule has 6 nitrogen and oxygen atoms in total. The predicted octanol–water partition coefficient (Wildman–Crippen LogP) is 3.23. The molecule has 2 aromatic rings. The molecule has 0 spiro atoms. The fraction of sp³-hybridized carbons (Fsp3) is 0.200. The number of rotatable bonds is 8.